The summed E-state index contributed by atoms with van der Waals surface area (Å²) in [5.74, 6) is 0.326. The zero-order chi connectivity index (χ0) is 24.5. The third-order valence-electron chi connectivity index (χ3n) is 6.29. The summed E-state index contributed by atoms with van der Waals surface area (Å²) in [6.45, 7) is 4.02. The number of nitrogens with one attached hydrogen (secondary N) is 1. The topological polar surface area (TPSA) is 80.2 Å². The van der Waals surface area contributed by atoms with Crippen LogP contribution in [0.2, 0.25) is 0 Å². The number of hydrazone groups is 1. The monoisotopic (exact) mass is 471 g/mol. The van der Waals surface area contributed by atoms with Gasteiger partial charge in [-0.05, 0) is 54.7 Å². The fraction of sp³-hybridized carbons (Fsp3) is 0.320. The van der Waals surface area contributed by atoms with Crippen molar-refractivity contribution in [2.24, 2.45) is 0 Å². The van der Waals surface area contributed by atoms with Crippen LogP contribution in [-0.2, 0) is 6.18 Å². The van der Waals surface area contributed by atoms with Crippen molar-refractivity contribution >= 4 is 29.2 Å². The van der Waals surface area contributed by atoms with Gasteiger partial charge in [-0.25, -0.2) is 4.98 Å². The average molecular weight is 472 g/mol. The third kappa shape index (κ3) is 4.83. The summed E-state index contributed by atoms with van der Waals surface area (Å²) in [5.41, 5.74) is 9.52. The molecule has 2 unspecified atom stereocenters. The number of carbonyl (C=O) groups is 1. The largest absolute Gasteiger partial charge is 0.497 e. The molecule has 1 saturated carbocycles. The van der Waals surface area contributed by atoms with Crippen molar-refractivity contribution in [2.75, 3.05) is 12.8 Å². The summed E-state index contributed by atoms with van der Waals surface area (Å²) in [6, 6.07) is 12.8. The van der Waals surface area contributed by atoms with Gasteiger partial charge in [-0.15, -0.1) is 10.1 Å². The number of carbonyl (C=O) groups excluding carboxylic acids is 1. The van der Waals surface area contributed by atoms with Gasteiger partial charge in [-0.1, -0.05) is 18.2 Å². The van der Waals surface area contributed by atoms with Crippen molar-refractivity contribution in [3.05, 3.63) is 65.4 Å². The van der Waals surface area contributed by atoms with E-state index < -0.39 is 11.9 Å². The number of methoxy groups -OCH3 is 1. The number of aromatic nitrogens is 1. The molecule has 2 atom stereocenters. The fourth-order valence-corrected chi connectivity index (χ4v) is 4.61. The number of amides is 1. The lowest BCUT2D eigenvalue weighted by Gasteiger charge is -2.28. The van der Waals surface area contributed by atoms with Gasteiger partial charge in [0.2, 0.25) is 0 Å². The van der Waals surface area contributed by atoms with Crippen molar-refractivity contribution in [1.29, 1.82) is 0 Å². The molecule has 3 N–H and O–H groups in total. The average Bonchev–Trinajstić information content (AvgIpc) is 2.83. The van der Waals surface area contributed by atoms with Gasteiger partial charge in [-0.3, -0.25) is 4.79 Å². The summed E-state index contributed by atoms with van der Waals surface area (Å²) in [5, 5.41) is 0.553. The first kappa shape index (κ1) is 23.5. The van der Waals surface area contributed by atoms with Gasteiger partial charge < -0.3 is 10.5 Å². The van der Waals surface area contributed by atoms with Crippen LogP contribution in [0.5, 0.6) is 5.75 Å². The molecular formula is C25H26F3N4O2+. The molecule has 0 aliphatic heterocycles. The Kier molecular flexibility index (Phi) is 6.45. The number of ether oxygens (including phenoxy) is 1. The molecule has 1 aliphatic carbocycles. The molecule has 0 spiro atoms. The van der Waals surface area contributed by atoms with Crippen LogP contribution < -0.4 is 15.9 Å². The molecule has 1 aromatic heterocycles. The van der Waals surface area contributed by atoms with Gasteiger partial charge in [0, 0.05) is 29.5 Å². The van der Waals surface area contributed by atoms with Crippen molar-refractivity contribution in [3.8, 4) is 5.75 Å². The van der Waals surface area contributed by atoms with Crippen LogP contribution in [0.3, 0.4) is 0 Å². The lowest BCUT2D eigenvalue weighted by Crippen LogP contribution is -2.42. The Bertz CT molecular complexity index is 1240. The summed E-state index contributed by atoms with van der Waals surface area (Å²) in [7, 11) is 1.53. The predicted molar refractivity (Wildman–Crippen MR) is 124 cm³/mol. The summed E-state index contributed by atoms with van der Waals surface area (Å²) >= 11 is 0. The SMILES string of the molecule is C=[N+](NC(=O)c1cccc(OC)c1)C1CCCC(c2cccc3nc(C(F)(F)F)cc(N)c23)C1. The Morgan fingerprint density at radius 3 is 2.71 bits per heavy atom. The second-order valence-corrected chi connectivity index (χ2v) is 8.50. The van der Waals surface area contributed by atoms with Gasteiger partial charge >= 0.3 is 12.1 Å². The maximum absolute atomic E-state index is 13.2. The fourth-order valence-electron chi connectivity index (χ4n) is 4.61. The van der Waals surface area contributed by atoms with E-state index in [1.165, 1.54) is 7.11 Å². The normalized spacial score (nSPS) is 18.5. The quantitative estimate of drug-likeness (QED) is 0.314. The van der Waals surface area contributed by atoms with E-state index in [-0.39, 0.29) is 29.1 Å². The number of anilines is 1. The Hall–Kier alpha value is -3.62. The molecule has 9 heteroatoms. The molecule has 0 saturated heterocycles. The summed E-state index contributed by atoms with van der Waals surface area (Å²) in [4.78, 5) is 16.5. The number of pyridine rings is 1. The first-order chi connectivity index (χ1) is 16.2. The number of hydrazine groups is 1. The minimum absolute atomic E-state index is 0.0428. The number of nitrogens with zero attached hydrogens (tertiary/aromatic N) is 2. The summed E-state index contributed by atoms with van der Waals surface area (Å²) in [6.07, 6.45) is -1.34. The minimum atomic E-state index is -4.57. The second-order valence-electron chi connectivity index (χ2n) is 8.50. The highest BCUT2D eigenvalue weighted by Crippen LogP contribution is 2.40. The smallest absolute Gasteiger partial charge is 0.433 e. The predicted octanol–water partition coefficient (Wildman–Crippen LogP) is 4.93. The van der Waals surface area contributed by atoms with Crippen molar-refractivity contribution in [3.63, 3.8) is 0 Å². The van der Waals surface area contributed by atoms with E-state index in [4.69, 9.17) is 10.5 Å². The number of rotatable bonds is 5. The molecule has 4 rings (SSSR count). The van der Waals surface area contributed by atoms with Crippen molar-refractivity contribution in [1.82, 2.24) is 10.4 Å². The Morgan fingerprint density at radius 1 is 1.21 bits per heavy atom. The Balaban J connectivity index is 1.54. The first-order valence-electron chi connectivity index (χ1n) is 11.0. The number of nitrogen functional groups attached to an aromatic ring is 1. The second kappa shape index (κ2) is 9.32. The zero-order valence-electron chi connectivity index (χ0n) is 18.7. The van der Waals surface area contributed by atoms with Crippen LogP contribution in [0.4, 0.5) is 18.9 Å². The van der Waals surface area contributed by atoms with Gasteiger partial charge in [0.15, 0.2) is 12.8 Å². The van der Waals surface area contributed by atoms with Crippen LogP contribution in [0.15, 0.2) is 48.5 Å². The standard InChI is InChI=1S/C25H25F3N4O2/c1-32(31-24(33)16-7-4-9-18(13-16)34-2)17-8-3-6-15(12-17)19-10-5-11-21-23(19)20(29)14-22(30-21)25(26,27)28/h4-5,7,9-11,13-15,17H,1,3,6,8,12H2,2H3,(H2-,29,30,31,33)/p+1. The first-order valence-corrected chi connectivity index (χ1v) is 11.0. The number of alkyl halides is 3. The van der Waals surface area contributed by atoms with Gasteiger partial charge in [0.25, 0.3) is 0 Å². The lowest BCUT2D eigenvalue weighted by molar-refractivity contribution is -0.604. The van der Waals surface area contributed by atoms with Crippen LogP contribution >= 0.6 is 0 Å². The Morgan fingerprint density at radius 2 is 1.97 bits per heavy atom. The van der Waals surface area contributed by atoms with Gasteiger partial charge in [0.05, 0.1) is 12.6 Å². The molecule has 2 aromatic carbocycles. The van der Waals surface area contributed by atoms with E-state index in [2.05, 4.69) is 17.1 Å². The molecule has 3 aromatic rings. The van der Waals surface area contributed by atoms with E-state index in [1.807, 2.05) is 6.07 Å². The highest BCUT2D eigenvalue weighted by molar-refractivity contribution is 5.94. The van der Waals surface area contributed by atoms with Crippen LogP contribution in [0.25, 0.3) is 10.9 Å². The van der Waals surface area contributed by atoms with E-state index in [0.717, 1.165) is 30.9 Å². The molecule has 0 bridgehead atoms. The highest BCUT2D eigenvalue weighted by atomic mass is 19.4. The number of hydrogen-bond acceptors (Lipinski definition) is 4. The molecule has 6 nitrogen and oxygen atoms in total. The molecule has 1 fully saturated rings. The minimum Gasteiger partial charge on any atom is -0.497 e. The Labute approximate surface area is 195 Å². The van der Waals surface area contributed by atoms with Crippen LogP contribution in [0, 0.1) is 0 Å². The molecule has 1 aliphatic rings. The molecular weight excluding hydrogens is 445 g/mol. The third-order valence-corrected chi connectivity index (χ3v) is 6.29. The molecule has 34 heavy (non-hydrogen) atoms. The molecule has 178 valence electrons. The summed E-state index contributed by atoms with van der Waals surface area (Å²) < 4.78 is 46.3. The number of hydrogen-bond donors (Lipinski definition) is 2. The van der Waals surface area contributed by atoms with Gasteiger partial charge in [-0.2, -0.15) is 13.2 Å². The van der Waals surface area contributed by atoms with Crippen molar-refractivity contribution in [2.45, 2.75) is 43.8 Å². The number of halogens is 3. The van der Waals surface area contributed by atoms with Crippen molar-refractivity contribution < 1.29 is 27.4 Å². The van der Waals surface area contributed by atoms with Crippen LogP contribution in [0.1, 0.15) is 53.2 Å². The molecule has 0 radical (unpaired) electrons. The van der Waals surface area contributed by atoms with E-state index >= 15 is 0 Å². The zero-order valence-corrected chi connectivity index (χ0v) is 18.7. The van der Waals surface area contributed by atoms with Crippen LogP contribution in [-0.4, -0.2) is 35.4 Å². The van der Waals surface area contributed by atoms with Gasteiger partial charge in [0.1, 0.15) is 11.4 Å². The maximum Gasteiger partial charge on any atom is 0.433 e. The van der Waals surface area contributed by atoms with E-state index in [0.29, 0.717) is 23.1 Å². The molecule has 1 heterocycles. The number of nitrogens with two attached hydrogens (primary N) is 1. The number of fused-ring (bicyclic) bond motifs is 1. The number of benzene rings is 2. The van der Waals surface area contributed by atoms with E-state index in [9.17, 15) is 18.0 Å². The lowest BCUT2D eigenvalue weighted by atomic mass is 9.80. The highest BCUT2D eigenvalue weighted by Gasteiger charge is 2.35. The van der Waals surface area contributed by atoms with E-state index in [1.54, 1.807) is 41.1 Å². The molecule has 1 amide bonds. The maximum atomic E-state index is 13.2.